The highest BCUT2D eigenvalue weighted by Crippen LogP contribution is 2.31. The lowest BCUT2D eigenvalue weighted by Gasteiger charge is -2.11. The number of rotatable bonds is 3. The number of anilines is 2. The number of carbonyl (C=O) groups is 2. The van der Waals surface area contributed by atoms with Gasteiger partial charge in [-0.1, -0.05) is 0 Å². The molecule has 1 heterocycles. The number of benzene rings is 1. The third kappa shape index (κ3) is 3.42. The van der Waals surface area contributed by atoms with Crippen molar-refractivity contribution >= 4 is 34.5 Å². The Morgan fingerprint density at radius 2 is 1.85 bits per heavy atom. The van der Waals surface area contributed by atoms with Crippen LogP contribution in [0.25, 0.3) is 11.3 Å². The molecule has 0 spiro atoms. The second-order valence-electron chi connectivity index (χ2n) is 4.37. The molecule has 6 heteroatoms. The van der Waals surface area contributed by atoms with Crippen LogP contribution in [0.2, 0.25) is 0 Å². The number of hydrogen-bond donors (Lipinski definition) is 2. The molecule has 2 N–H and O–H groups in total. The summed E-state index contributed by atoms with van der Waals surface area (Å²) in [4.78, 5) is 26.8. The molecule has 5 nitrogen and oxygen atoms in total. The van der Waals surface area contributed by atoms with Crippen LogP contribution in [-0.4, -0.2) is 16.8 Å². The minimum atomic E-state index is -0.168. The van der Waals surface area contributed by atoms with Crippen LogP contribution in [0, 0.1) is 6.92 Å². The Morgan fingerprint density at radius 3 is 2.40 bits per heavy atom. The lowest BCUT2D eigenvalue weighted by atomic mass is 10.1. The molecule has 1 aromatic heterocycles. The summed E-state index contributed by atoms with van der Waals surface area (Å²) in [5, 5.41) is 8.36. The van der Waals surface area contributed by atoms with Gasteiger partial charge in [0.1, 0.15) is 0 Å². The maximum Gasteiger partial charge on any atom is 0.221 e. The van der Waals surface area contributed by atoms with Crippen molar-refractivity contribution in [3.63, 3.8) is 0 Å². The van der Waals surface area contributed by atoms with Crippen LogP contribution in [0.5, 0.6) is 0 Å². The highest BCUT2D eigenvalue weighted by molar-refractivity contribution is 7.09. The predicted octanol–water partition coefficient (Wildman–Crippen LogP) is 3.04. The van der Waals surface area contributed by atoms with Gasteiger partial charge in [0.25, 0.3) is 0 Å². The summed E-state index contributed by atoms with van der Waals surface area (Å²) in [5.41, 5.74) is 2.91. The van der Waals surface area contributed by atoms with Gasteiger partial charge in [0.05, 0.1) is 16.4 Å². The van der Waals surface area contributed by atoms with Crippen molar-refractivity contribution in [2.75, 3.05) is 10.6 Å². The van der Waals surface area contributed by atoms with Gasteiger partial charge in [-0.3, -0.25) is 9.59 Å². The van der Waals surface area contributed by atoms with Gasteiger partial charge in [0, 0.05) is 30.5 Å². The van der Waals surface area contributed by atoms with Crippen molar-refractivity contribution in [1.82, 2.24) is 4.98 Å². The van der Waals surface area contributed by atoms with Crippen LogP contribution in [0.1, 0.15) is 18.9 Å². The van der Waals surface area contributed by atoms with E-state index in [0.29, 0.717) is 11.4 Å². The van der Waals surface area contributed by atoms with Crippen LogP contribution in [0.15, 0.2) is 23.6 Å². The molecule has 0 atom stereocenters. The standard InChI is InChI=1S/C14H15N3O2S/c1-8(18)15-11-4-5-12(13(6-11)16-9(2)19)14-7-20-10(3)17-14/h4-7H,1-3H3,(H,15,18)(H,16,19). The summed E-state index contributed by atoms with van der Waals surface area (Å²) in [6.07, 6.45) is 0. The fourth-order valence-corrected chi connectivity index (χ4v) is 2.44. The summed E-state index contributed by atoms with van der Waals surface area (Å²) in [5.74, 6) is -0.325. The molecule has 0 saturated carbocycles. The molecule has 2 amide bonds. The first-order chi connectivity index (χ1) is 9.45. The molecule has 2 rings (SSSR count). The number of hydrogen-bond acceptors (Lipinski definition) is 4. The van der Waals surface area contributed by atoms with Crippen molar-refractivity contribution in [3.05, 3.63) is 28.6 Å². The normalized spacial score (nSPS) is 10.2. The van der Waals surface area contributed by atoms with E-state index in [9.17, 15) is 9.59 Å². The number of thiazole rings is 1. The number of aromatic nitrogens is 1. The summed E-state index contributed by atoms with van der Waals surface area (Å²) in [6, 6.07) is 5.36. The minimum Gasteiger partial charge on any atom is -0.326 e. The molecule has 1 aromatic carbocycles. The number of amides is 2. The zero-order valence-electron chi connectivity index (χ0n) is 11.5. The summed E-state index contributed by atoms with van der Waals surface area (Å²) in [6.45, 7) is 4.81. The smallest absolute Gasteiger partial charge is 0.221 e. The quantitative estimate of drug-likeness (QED) is 0.912. The SMILES string of the molecule is CC(=O)Nc1ccc(-c2csc(C)n2)c(NC(C)=O)c1. The zero-order valence-corrected chi connectivity index (χ0v) is 12.3. The van der Waals surface area contributed by atoms with Gasteiger partial charge in [-0.2, -0.15) is 0 Å². The van der Waals surface area contributed by atoms with E-state index in [4.69, 9.17) is 0 Å². The molecule has 0 saturated heterocycles. The Bertz CT molecular complexity index is 664. The number of carbonyl (C=O) groups excluding carboxylic acids is 2. The van der Waals surface area contributed by atoms with Crippen molar-refractivity contribution < 1.29 is 9.59 Å². The lowest BCUT2D eigenvalue weighted by molar-refractivity contribution is -0.115. The molecule has 2 aromatic rings. The second-order valence-corrected chi connectivity index (χ2v) is 5.44. The fourth-order valence-electron chi connectivity index (χ4n) is 1.83. The highest BCUT2D eigenvalue weighted by Gasteiger charge is 2.11. The number of aryl methyl sites for hydroxylation is 1. The van der Waals surface area contributed by atoms with E-state index in [1.165, 1.54) is 13.8 Å². The van der Waals surface area contributed by atoms with Crippen molar-refractivity contribution in [1.29, 1.82) is 0 Å². The lowest BCUT2D eigenvalue weighted by Crippen LogP contribution is -2.09. The monoisotopic (exact) mass is 289 g/mol. The van der Waals surface area contributed by atoms with E-state index < -0.39 is 0 Å². The van der Waals surface area contributed by atoms with Crippen LogP contribution in [0.3, 0.4) is 0 Å². The molecule has 0 bridgehead atoms. The van der Waals surface area contributed by atoms with Gasteiger partial charge < -0.3 is 10.6 Å². The average Bonchev–Trinajstić information content (AvgIpc) is 2.74. The highest BCUT2D eigenvalue weighted by atomic mass is 32.1. The summed E-state index contributed by atoms with van der Waals surface area (Å²) < 4.78 is 0. The first kappa shape index (κ1) is 14.2. The zero-order chi connectivity index (χ0) is 14.7. The Kier molecular flexibility index (Phi) is 4.14. The van der Waals surface area contributed by atoms with Crippen molar-refractivity contribution in [2.45, 2.75) is 20.8 Å². The third-order valence-corrected chi connectivity index (χ3v) is 3.32. The summed E-state index contributed by atoms with van der Waals surface area (Å²) >= 11 is 1.55. The molecule has 0 aliphatic heterocycles. The van der Waals surface area contributed by atoms with E-state index in [2.05, 4.69) is 15.6 Å². The minimum absolute atomic E-state index is 0.156. The predicted molar refractivity (Wildman–Crippen MR) is 80.9 cm³/mol. The van der Waals surface area contributed by atoms with E-state index in [-0.39, 0.29) is 11.8 Å². The Labute approximate surface area is 121 Å². The Balaban J connectivity index is 2.44. The Hall–Kier alpha value is -2.21. The molecule has 20 heavy (non-hydrogen) atoms. The topological polar surface area (TPSA) is 71.1 Å². The van der Waals surface area contributed by atoms with Gasteiger partial charge in [0.2, 0.25) is 11.8 Å². The van der Waals surface area contributed by atoms with Crippen molar-refractivity contribution in [3.8, 4) is 11.3 Å². The molecule has 0 fully saturated rings. The molecular formula is C14H15N3O2S. The van der Waals surface area contributed by atoms with E-state index >= 15 is 0 Å². The molecule has 0 unspecified atom stereocenters. The van der Waals surface area contributed by atoms with Gasteiger partial charge in [-0.05, 0) is 25.1 Å². The van der Waals surface area contributed by atoms with Gasteiger partial charge in [-0.25, -0.2) is 4.98 Å². The number of nitrogens with one attached hydrogen (secondary N) is 2. The first-order valence-electron chi connectivity index (χ1n) is 6.07. The molecule has 0 radical (unpaired) electrons. The van der Waals surface area contributed by atoms with Gasteiger partial charge in [0.15, 0.2) is 0 Å². The van der Waals surface area contributed by atoms with Crippen LogP contribution < -0.4 is 10.6 Å². The third-order valence-electron chi connectivity index (χ3n) is 2.55. The van der Waals surface area contributed by atoms with Crippen LogP contribution in [0.4, 0.5) is 11.4 Å². The molecule has 0 aliphatic rings. The number of nitrogens with zero attached hydrogens (tertiary/aromatic N) is 1. The van der Waals surface area contributed by atoms with Gasteiger partial charge in [-0.15, -0.1) is 11.3 Å². The molecule has 0 aliphatic carbocycles. The average molecular weight is 289 g/mol. The molecular weight excluding hydrogens is 274 g/mol. The largest absolute Gasteiger partial charge is 0.326 e. The second kappa shape index (κ2) is 5.83. The van der Waals surface area contributed by atoms with E-state index in [1.54, 1.807) is 23.5 Å². The van der Waals surface area contributed by atoms with Crippen LogP contribution >= 0.6 is 11.3 Å². The van der Waals surface area contributed by atoms with E-state index in [1.807, 2.05) is 18.4 Å². The van der Waals surface area contributed by atoms with Crippen molar-refractivity contribution in [2.24, 2.45) is 0 Å². The van der Waals surface area contributed by atoms with Crippen LogP contribution in [-0.2, 0) is 9.59 Å². The van der Waals surface area contributed by atoms with E-state index in [0.717, 1.165) is 16.3 Å². The maximum atomic E-state index is 11.3. The fraction of sp³-hybridized carbons (Fsp3) is 0.214. The van der Waals surface area contributed by atoms with Gasteiger partial charge >= 0.3 is 0 Å². The summed E-state index contributed by atoms with van der Waals surface area (Å²) in [7, 11) is 0. The first-order valence-corrected chi connectivity index (χ1v) is 6.95. The maximum absolute atomic E-state index is 11.3. The Morgan fingerprint density at radius 1 is 1.15 bits per heavy atom. The molecule has 104 valence electrons.